The summed E-state index contributed by atoms with van der Waals surface area (Å²) in [6, 6.07) is 14.2. The molecule has 0 saturated carbocycles. The minimum atomic E-state index is -3.79. The first kappa shape index (κ1) is 16.7. The monoisotopic (exact) mass is 406 g/mol. The summed E-state index contributed by atoms with van der Waals surface area (Å²) in [4.78, 5) is 4.42. The highest BCUT2D eigenvalue weighted by atomic mass is 79.9. The van der Waals surface area contributed by atoms with E-state index in [1.807, 2.05) is 24.3 Å². The molecule has 0 aliphatic carbocycles. The highest BCUT2D eigenvalue weighted by molar-refractivity contribution is 9.10. The fraction of sp³-hybridized carbons (Fsp3) is 0.118. The van der Waals surface area contributed by atoms with Crippen LogP contribution < -0.4 is 9.04 Å². The standard InChI is InChI=1S/C17H15BrN2O3S/c1-20(14-9-12-5-3-4-6-15(12)19-11-14)24(21,22)17-10-13(18)7-8-16(17)23-2/h3-11H,1-2H3. The molecule has 3 aromatic rings. The highest BCUT2D eigenvalue weighted by Crippen LogP contribution is 2.32. The molecule has 0 bridgehead atoms. The van der Waals surface area contributed by atoms with Crippen LogP contribution in [0.5, 0.6) is 5.75 Å². The van der Waals surface area contributed by atoms with E-state index in [1.54, 1.807) is 24.4 Å². The number of methoxy groups -OCH3 is 1. The van der Waals surface area contributed by atoms with E-state index < -0.39 is 10.0 Å². The van der Waals surface area contributed by atoms with Crippen molar-refractivity contribution in [3.05, 3.63) is 59.2 Å². The molecule has 0 aliphatic heterocycles. The van der Waals surface area contributed by atoms with Crippen molar-refractivity contribution in [2.45, 2.75) is 4.90 Å². The van der Waals surface area contributed by atoms with Crippen LogP contribution >= 0.6 is 15.9 Å². The smallest absolute Gasteiger partial charge is 0.267 e. The van der Waals surface area contributed by atoms with Crippen molar-refractivity contribution in [3.8, 4) is 5.75 Å². The van der Waals surface area contributed by atoms with Crippen LogP contribution in [0.2, 0.25) is 0 Å². The number of benzene rings is 2. The Balaban J connectivity index is 2.10. The Kier molecular flexibility index (Phi) is 4.47. The summed E-state index contributed by atoms with van der Waals surface area (Å²) >= 11 is 3.31. The molecule has 124 valence electrons. The van der Waals surface area contributed by atoms with Gasteiger partial charge in [-0.3, -0.25) is 9.29 Å². The normalized spacial score (nSPS) is 11.5. The molecular formula is C17H15BrN2O3S. The van der Waals surface area contributed by atoms with Crippen molar-refractivity contribution < 1.29 is 13.2 Å². The molecule has 0 atom stereocenters. The lowest BCUT2D eigenvalue weighted by Crippen LogP contribution is -2.27. The Morgan fingerprint density at radius 2 is 1.88 bits per heavy atom. The number of fused-ring (bicyclic) bond motifs is 1. The van der Waals surface area contributed by atoms with Crippen LogP contribution in [0.1, 0.15) is 0 Å². The molecule has 0 fully saturated rings. The maximum atomic E-state index is 13.0. The average Bonchev–Trinajstić information content (AvgIpc) is 2.60. The quantitative estimate of drug-likeness (QED) is 0.660. The number of hydrogen-bond donors (Lipinski definition) is 0. The van der Waals surface area contributed by atoms with Crippen LogP contribution in [0.3, 0.4) is 0 Å². The van der Waals surface area contributed by atoms with Crippen LogP contribution in [0.15, 0.2) is 64.1 Å². The fourth-order valence-corrected chi connectivity index (χ4v) is 4.24. The molecule has 0 saturated heterocycles. The third-order valence-corrected chi connectivity index (χ3v) is 6.00. The highest BCUT2D eigenvalue weighted by Gasteiger charge is 2.26. The summed E-state index contributed by atoms with van der Waals surface area (Å²) in [5.41, 5.74) is 1.29. The first-order chi connectivity index (χ1) is 11.4. The van der Waals surface area contributed by atoms with Gasteiger partial charge in [0, 0.05) is 16.9 Å². The number of hydrogen-bond acceptors (Lipinski definition) is 4. The summed E-state index contributed by atoms with van der Waals surface area (Å²) < 4.78 is 33.1. The van der Waals surface area contributed by atoms with E-state index in [1.165, 1.54) is 24.5 Å². The number of rotatable bonds is 4. The second-order valence-corrected chi connectivity index (χ2v) is 8.01. The molecule has 0 N–H and O–H groups in total. The van der Waals surface area contributed by atoms with E-state index in [0.29, 0.717) is 15.9 Å². The van der Waals surface area contributed by atoms with Crippen molar-refractivity contribution in [2.75, 3.05) is 18.5 Å². The summed E-state index contributed by atoms with van der Waals surface area (Å²) in [5, 5.41) is 0.873. The third-order valence-electron chi connectivity index (χ3n) is 3.70. The second-order valence-electron chi connectivity index (χ2n) is 5.15. The van der Waals surface area contributed by atoms with Gasteiger partial charge in [0.15, 0.2) is 0 Å². The van der Waals surface area contributed by atoms with Gasteiger partial charge in [0.25, 0.3) is 10.0 Å². The number of ether oxygens (including phenoxy) is 1. The van der Waals surface area contributed by atoms with E-state index in [-0.39, 0.29) is 4.90 Å². The molecule has 0 aliphatic rings. The van der Waals surface area contributed by atoms with Gasteiger partial charge in [-0.1, -0.05) is 34.1 Å². The topological polar surface area (TPSA) is 59.5 Å². The van der Waals surface area contributed by atoms with Gasteiger partial charge in [0.2, 0.25) is 0 Å². The largest absolute Gasteiger partial charge is 0.495 e. The van der Waals surface area contributed by atoms with Crippen LogP contribution in [-0.2, 0) is 10.0 Å². The van der Waals surface area contributed by atoms with E-state index >= 15 is 0 Å². The molecule has 0 spiro atoms. The molecule has 1 heterocycles. The van der Waals surface area contributed by atoms with Crippen LogP contribution in [-0.4, -0.2) is 27.6 Å². The zero-order valence-electron chi connectivity index (χ0n) is 13.1. The molecule has 0 amide bonds. The SMILES string of the molecule is COc1ccc(Br)cc1S(=O)(=O)N(C)c1cnc2ccccc2c1. The summed E-state index contributed by atoms with van der Waals surface area (Å²) in [5.74, 6) is 0.291. The molecule has 3 rings (SSSR count). The maximum absolute atomic E-state index is 13.0. The maximum Gasteiger partial charge on any atom is 0.267 e. The van der Waals surface area contributed by atoms with Crippen LogP contribution in [0.4, 0.5) is 5.69 Å². The lowest BCUT2D eigenvalue weighted by Gasteiger charge is -2.21. The second kappa shape index (κ2) is 6.41. The van der Waals surface area contributed by atoms with Crippen molar-refractivity contribution in [3.63, 3.8) is 0 Å². The van der Waals surface area contributed by atoms with Crippen LogP contribution in [0, 0.1) is 0 Å². The predicted molar refractivity (Wildman–Crippen MR) is 98.0 cm³/mol. The zero-order valence-corrected chi connectivity index (χ0v) is 15.5. The van der Waals surface area contributed by atoms with Gasteiger partial charge in [-0.25, -0.2) is 8.42 Å². The Bertz CT molecular complexity index is 1010. The zero-order chi connectivity index (χ0) is 17.3. The molecule has 7 heteroatoms. The fourth-order valence-electron chi connectivity index (χ4n) is 2.37. The molecule has 0 radical (unpaired) electrons. The molecule has 0 unspecified atom stereocenters. The lowest BCUT2D eigenvalue weighted by atomic mass is 10.2. The van der Waals surface area contributed by atoms with Gasteiger partial charge in [-0.2, -0.15) is 0 Å². The van der Waals surface area contributed by atoms with Gasteiger partial charge in [-0.05, 0) is 30.3 Å². The van der Waals surface area contributed by atoms with Crippen molar-refractivity contribution >= 4 is 42.5 Å². The third kappa shape index (κ3) is 2.97. The van der Waals surface area contributed by atoms with Gasteiger partial charge in [-0.15, -0.1) is 0 Å². The van der Waals surface area contributed by atoms with Crippen LogP contribution in [0.25, 0.3) is 10.9 Å². The van der Waals surface area contributed by atoms with Gasteiger partial charge in [0.1, 0.15) is 10.6 Å². The van der Waals surface area contributed by atoms with Crippen molar-refractivity contribution in [1.29, 1.82) is 0 Å². The number of sulfonamides is 1. The number of para-hydroxylation sites is 1. The Hall–Kier alpha value is -2.12. The van der Waals surface area contributed by atoms with Crippen molar-refractivity contribution in [1.82, 2.24) is 4.98 Å². The lowest BCUT2D eigenvalue weighted by molar-refractivity contribution is 0.402. The average molecular weight is 407 g/mol. The van der Waals surface area contributed by atoms with E-state index in [9.17, 15) is 8.42 Å². The molecular weight excluding hydrogens is 392 g/mol. The van der Waals surface area contributed by atoms with E-state index in [4.69, 9.17) is 4.74 Å². The van der Waals surface area contributed by atoms with Gasteiger partial charge < -0.3 is 4.74 Å². The molecule has 2 aromatic carbocycles. The molecule has 1 aromatic heterocycles. The Morgan fingerprint density at radius 1 is 1.12 bits per heavy atom. The van der Waals surface area contributed by atoms with Gasteiger partial charge in [0.05, 0.1) is 24.5 Å². The summed E-state index contributed by atoms with van der Waals surface area (Å²) in [7, 11) is -0.842. The number of anilines is 1. The van der Waals surface area contributed by atoms with Gasteiger partial charge >= 0.3 is 0 Å². The minimum absolute atomic E-state index is 0.0926. The van der Waals surface area contributed by atoms with E-state index in [2.05, 4.69) is 20.9 Å². The van der Waals surface area contributed by atoms with E-state index in [0.717, 1.165) is 10.9 Å². The predicted octanol–water partition coefficient (Wildman–Crippen LogP) is 3.83. The first-order valence-electron chi connectivity index (χ1n) is 7.11. The number of pyridine rings is 1. The summed E-state index contributed by atoms with van der Waals surface area (Å²) in [6.45, 7) is 0. The number of aromatic nitrogens is 1. The molecule has 24 heavy (non-hydrogen) atoms. The Morgan fingerprint density at radius 3 is 2.62 bits per heavy atom. The minimum Gasteiger partial charge on any atom is -0.495 e. The van der Waals surface area contributed by atoms with Crippen molar-refractivity contribution in [2.24, 2.45) is 0 Å². The Labute approximate surface area is 149 Å². The number of nitrogens with zero attached hydrogens (tertiary/aromatic N) is 2. The number of halogens is 1. The molecule has 5 nitrogen and oxygen atoms in total. The summed E-state index contributed by atoms with van der Waals surface area (Å²) in [6.07, 6.45) is 1.55. The first-order valence-corrected chi connectivity index (χ1v) is 9.34.